The van der Waals surface area contributed by atoms with Crippen LogP contribution in [0.15, 0.2) is 29.2 Å². The number of halogens is 2. The van der Waals surface area contributed by atoms with Gasteiger partial charge in [0.2, 0.25) is 0 Å². The molecule has 0 fully saturated rings. The van der Waals surface area contributed by atoms with Gasteiger partial charge in [0.05, 0.1) is 0 Å². The average molecular weight is 316 g/mol. The smallest absolute Gasteiger partial charge is 0.355 e. The maximum atomic E-state index is 12.2. The summed E-state index contributed by atoms with van der Waals surface area (Å²) in [5.74, 6) is -3.52. The number of alkyl halides is 2. The summed E-state index contributed by atoms with van der Waals surface area (Å²) in [5.41, 5.74) is 0.677. The third kappa shape index (κ3) is 3.67. The topological polar surface area (TPSA) is 62.2 Å². The molecule has 0 radical (unpaired) electrons. The molecular weight excluding hydrogens is 306 g/mol. The van der Waals surface area contributed by atoms with E-state index in [9.17, 15) is 13.6 Å². The Kier molecular flexibility index (Phi) is 4.56. The van der Waals surface area contributed by atoms with Gasteiger partial charge in [0.15, 0.2) is 10.8 Å². The molecule has 20 heavy (non-hydrogen) atoms. The van der Waals surface area contributed by atoms with E-state index >= 15 is 0 Å². The van der Waals surface area contributed by atoms with Crippen molar-refractivity contribution in [3.8, 4) is 0 Å². The lowest BCUT2D eigenvalue weighted by atomic mass is 10.3. The maximum absolute atomic E-state index is 12.2. The Balaban J connectivity index is 2.10. The van der Waals surface area contributed by atoms with Crippen molar-refractivity contribution in [2.75, 3.05) is 5.32 Å². The lowest BCUT2D eigenvalue weighted by Gasteiger charge is -2.04. The monoisotopic (exact) mass is 316 g/mol. The number of nitrogens with one attached hydrogen (secondary N) is 1. The van der Waals surface area contributed by atoms with E-state index in [4.69, 9.17) is 5.11 Å². The van der Waals surface area contributed by atoms with Crippen molar-refractivity contribution in [1.82, 2.24) is 4.98 Å². The van der Waals surface area contributed by atoms with Crippen LogP contribution in [-0.4, -0.2) is 21.8 Å². The molecule has 2 aromatic rings. The number of hydrogen-bond acceptors (Lipinski definition) is 5. The Labute approximate surface area is 121 Å². The summed E-state index contributed by atoms with van der Waals surface area (Å²) >= 11 is 1.70. The average Bonchev–Trinajstić information content (AvgIpc) is 2.72. The van der Waals surface area contributed by atoms with Gasteiger partial charge in [0, 0.05) is 15.5 Å². The minimum Gasteiger partial charge on any atom is -0.476 e. The van der Waals surface area contributed by atoms with Gasteiger partial charge in [0.1, 0.15) is 0 Å². The van der Waals surface area contributed by atoms with Crippen LogP contribution < -0.4 is 5.32 Å². The number of rotatable bonds is 5. The molecule has 1 aromatic heterocycles. The van der Waals surface area contributed by atoms with E-state index in [0.29, 0.717) is 32.4 Å². The van der Waals surface area contributed by atoms with Crippen molar-refractivity contribution in [1.29, 1.82) is 0 Å². The van der Waals surface area contributed by atoms with E-state index in [1.165, 1.54) is 11.3 Å². The van der Waals surface area contributed by atoms with Gasteiger partial charge >= 0.3 is 5.97 Å². The molecule has 4 nitrogen and oxygen atoms in total. The van der Waals surface area contributed by atoms with Crippen molar-refractivity contribution < 1.29 is 18.7 Å². The summed E-state index contributed by atoms with van der Waals surface area (Å²) in [6.45, 7) is 1.68. The van der Waals surface area contributed by atoms with Gasteiger partial charge in [-0.15, -0.1) is 11.3 Å². The first-order chi connectivity index (χ1) is 9.45. The SMILES string of the molecule is Cc1sc(Nc2ccc(SC(F)F)cc2)nc1C(=O)O. The quantitative estimate of drug-likeness (QED) is 0.809. The fourth-order valence-corrected chi connectivity index (χ4v) is 2.82. The number of benzene rings is 1. The number of anilines is 2. The molecule has 0 bridgehead atoms. The molecule has 0 aliphatic carbocycles. The lowest BCUT2D eigenvalue weighted by molar-refractivity contribution is 0.0690. The van der Waals surface area contributed by atoms with Gasteiger partial charge in [-0.1, -0.05) is 11.8 Å². The normalized spacial score (nSPS) is 10.8. The second-order valence-corrected chi connectivity index (χ2v) is 6.02. The van der Waals surface area contributed by atoms with Crippen LogP contribution in [0.4, 0.5) is 19.6 Å². The van der Waals surface area contributed by atoms with Crippen molar-refractivity contribution in [2.45, 2.75) is 17.6 Å². The standard InChI is InChI=1S/C12H10F2N2O2S2/c1-6-9(10(17)18)16-12(19-6)15-7-2-4-8(5-3-7)20-11(13)14/h2-5,11H,1H3,(H,15,16)(H,17,18). The Hall–Kier alpha value is -1.67. The van der Waals surface area contributed by atoms with E-state index in [2.05, 4.69) is 10.3 Å². The van der Waals surface area contributed by atoms with Crippen LogP contribution in [0, 0.1) is 6.92 Å². The third-order valence-electron chi connectivity index (χ3n) is 2.33. The van der Waals surface area contributed by atoms with Crippen LogP contribution in [0.2, 0.25) is 0 Å². The minimum absolute atomic E-state index is 0.0161. The van der Waals surface area contributed by atoms with Gasteiger partial charge in [-0.25, -0.2) is 9.78 Å². The summed E-state index contributed by atoms with van der Waals surface area (Å²) in [7, 11) is 0. The third-order valence-corrected chi connectivity index (χ3v) is 3.94. The predicted octanol–water partition coefficient (Wildman–Crippen LogP) is 4.21. The Bertz CT molecular complexity index is 614. The number of carboxylic acid groups (broad SMARTS) is 1. The van der Waals surface area contributed by atoms with Gasteiger partial charge in [-0.2, -0.15) is 8.78 Å². The summed E-state index contributed by atoms with van der Waals surface area (Å²) in [4.78, 5) is 15.9. The summed E-state index contributed by atoms with van der Waals surface area (Å²) in [6.07, 6.45) is 0. The first-order valence-corrected chi connectivity index (χ1v) is 7.18. The zero-order valence-corrected chi connectivity index (χ0v) is 11.9. The van der Waals surface area contributed by atoms with Crippen molar-refractivity contribution in [2.24, 2.45) is 0 Å². The number of aromatic nitrogens is 1. The van der Waals surface area contributed by atoms with E-state index in [-0.39, 0.29) is 5.69 Å². The largest absolute Gasteiger partial charge is 0.476 e. The van der Waals surface area contributed by atoms with E-state index in [0.717, 1.165) is 0 Å². The molecular formula is C12H10F2N2O2S2. The molecule has 0 unspecified atom stereocenters. The molecule has 2 rings (SSSR count). The van der Waals surface area contributed by atoms with Crippen molar-refractivity contribution in [3.05, 3.63) is 34.8 Å². The zero-order valence-electron chi connectivity index (χ0n) is 10.3. The predicted molar refractivity (Wildman–Crippen MR) is 75.4 cm³/mol. The zero-order chi connectivity index (χ0) is 14.7. The Morgan fingerprint density at radius 3 is 2.55 bits per heavy atom. The molecule has 0 saturated carbocycles. The molecule has 8 heteroatoms. The summed E-state index contributed by atoms with van der Waals surface area (Å²) in [6, 6.07) is 6.42. The number of aromatic carboxylic acids is 1. The summed E-state index contributed by atoms with van der Waals surface area (Å²) in [5, 5.41) is 12.3. The van der Waals surface area contributed by atoms with E-state index in [1.807, 2.05) is 0 Å². The molecule has 106 valence electrons. The van der Waals surface area contributed by atoms with Gasteiger partial charge in [-0.3, -0.25) is 0 Å². The van der Waals surface area contributed by atoms with E-state index in [1.54, 1.807) is 31.2 Å². The highest BCUT2D eigenvalue weighted by atomic mass is 32.2. The molecule has 0 saturated heterocycles. The van der Waals surface area contributed by atoms with Crippen LogP contribution in [-0.2, 0) is 0 Å². The number of carbonyl (C=O) groups is 1. The van der Waals surface area contributed by atoms with Crippen LogP contribution in [0.3, 0.4) is 0 Å². The lowest BCUT2D eigenvalue weighted by Crippen LogP contribution is -1.99. The fraction of sp³-hybridized carbons (Fsp3) is 0.167. The molecule has 0 aliphatic rings. The fourth-order valence-electron chi connectivity index (χ4n) is 1.49. The highest BCUT2D eigenvalue weighted by molar-refractivity contribution is 7.99. The first kappa shape index (κ1) is 14.7. The van der Waals surface area contributed by atoms with Gasteiger partial charge < -0.3 is 10.4 Å². The van der Waals surface area contributed by atoms with Crippen molar-refractivity contribution in [3.63, 3.8) is 0 Å². The second-order valence-electron chi connectivity index (χ2n) is 3.76. The van der Waals surface area contributed by atoms with E-state index < -0.39 is 11.7 Å². The summed E-state index contributed by atoms with van der Waals surface area (Å²) < 4.78 is 24.3. The molecule has 0 atom stereocenters. The van der Waals surface area contributed by atoms with Crippen LogP contribution >= 0.6 is 23.1 Å². The Morgan fingerprint density at radius 2 is 2.05 bits per heavy atom. The van der Waals surface area contributed by atoms with Gasteiger partial charge in [-0.05, 0) is 31.2 Å². The highest BCUT2D eigenvalue weighted by Crippen LogP contribution is 2.29. The molecule has 2 N–H and O–H groups in total. The maximum Gasteiger partial charge on any atom is 0.355 e. The number of nitrogens with zero attached hydrogens (tertiary/aromatic N) is 1. The van der Waals surface area contributed by atoms with Crippen molar-refractivity contribution >= 4 is 39.9 Å². The molecule has 1 heterocycles. The number of thiazole rings is 1. The van der Waals surface area contributed by atoms with Crippen LogP contribution in [0.25, 0.3) is 0 Å². The minimum atomic E-state index is -2.45. The molecule has 0 spiro atoms. The molecule has 1 aromatic carbocycles. The number of thioether (sulfide) groups is 1. The number of aryl methyl sites for hydroxylation is 1. The second kappa shape index (κ2) is 6.19. The first-order valence-electron chi connectivity index (χ1n) is 5.48. The van der Waals surface area contributed by atoms with Crippen LogP contribution in [0.1, 0.15) is 15.4 Å². The highest BCUT2D eigenvalue weighted by Gasteiger charge is 2.14. The van der Waals surface area contributed by atoms with Crippen LogP contribution in [0.5, 0.6) is 0 Å². The van der Waals surface area contributed by atoms with Gasteiger partial charge in [0.25, 0.3) is 5.76 Å². The molecule has 0 amide bonds. The number of carboxylic acids is 1. The number of hydrogen-bond donors (Lipinski definition) is 2. The molecule has 0 aliphatic heterocycles. The Morgan fingerprint density at radius 1 is 1.40 bits per heavy atom.